The quantitative estimate of drug-likeness (QED) is 0.592. The lowest BCUT2D eigenvalue weighted by Gasteiger charge is -2.35. The predicted octanol–water partition coefficient (Wildman–Crippen LogP) is 0.00522. The van der Waals surface area contributed by atoms with Gasteiger partial charge in [-0.1, -0.05) is 23.2 Å². The van der Waals surface area contributed by atoms with Gasteiger partial charge in [-0.05, 0) is 20.0 Å². The molecule has 0 atom stereocenters. The van der Waals surface area contributed by atoms with Crippen LogP contribution in [0.5, 0.6) is 0 Å². The lowest BCUT2D eigenvalue weighted by atomic mass is 9.91. The van der Waals surface area contributed by atoms with Crippen LogP contribution < -0.4 is 10.4 Å². The van der Waals surface area contributed by atoms with E-state index in [2.05, 4.69) is 49.8 Å². The van der Waals surface area contributed by atoms with E-state index in [9.17, 15) is 0 Å². The van der Waals surface area contributed by atoms with E-state index in [1.54, 1.807) is 0 Å². The average Bonchev–Trinajstić information content (AvgIpc) is 2.20. The van der Waals surface area contributed by atoms with Gasteiger partial charge >= 0.3 is 0 Å². The van der Waals surface area contributed by atoms with Gasteiger partial charge in [0.1, 0.15) is 7.85 Å². The van der Waals surface area contributed by atoms with Crippen LogP contribution in [0.2, 0.25) is 0 Å². The Hall–Kier alpha value is -0.955. The average molecular weight is 202 g/mol. The van der Waals surface area contributed by atoms with E-state index >= 15 is 0 Å². The van der Waals surface area contributed by atoms with E-state index in [4.69, 9.17) is 0 Å². The molecule has 0 unspecified atom stereocenters. The fourth-order valence-electron chi connectivity index (χ4n) is 2.21. The molecule has 2 nitrogen and oxygen atoms in total. The number of benzene rings is 1. The number of hydrogen-bond donors (Lipinski definition) is 0. The van der Waals surface area contributed by atoms with Gasteiger partial charge in [-0.15, -0.1) is 0 Å². The number of nitrogens with zero attached hydrogens (tertiary/aromatic N) is 2. The van der Waals surface area contributed by atoms with Gasteiger partial charge in [-0.2, -0.15) is 0 Å². The van der Waals surface area contributed by atoms with Crippen molar-refractivity contribution in [1.29, 1.82) is 0 Å². The lowest BCUT2D eigenvalue weighted by molar-refractivity contribution is 0.313. The van der Waals surface area contributed by atoms with Gasteiger partial charge < -0.3 is 9.80 Å². The fourth-order valence-corrected chi connectivity index (χ4v) is 2.21. The second-order valence-electron chi connectivity index (χ2n) is 4.58. The molecule has 1 saturated heterocycles. The predicted molar refractivity (Wildman–Crippen MR) is 69.1 cm³/mol. The second kappa shape index (κ2) is 4.27. The SMILES string of the molecule is Bc1cc(C)ccc1N1CCN(C)CC1. The lowest BCUT2D eigenvalue weighted by Crippen LogP contribution is -2.45. The summed E-state index contributed by atoms with van der Waals surface area (Å²) in [6.07, 6.45) is 0. The zero-order valence-electron chi connectivity index (χ0n) is 9.95. The Morgan fingerprint density at radius 3 is 2.40 bits per heavy atom. The minimum absolute atomic E-state index is 1.15. The maximum absolute atomic E-state index is 2.49. The van der Waals surface area contributed by atoms with Crippen LogP contribution in [0, 0.1) is 6.92 Å². The monoisotopic (exact) mass is 202 g/mol. The summed E-state index contributed by atoms with van der Waals surface area (Å²) in [5.74, 6) is 0. The van der Waals surface area contributed by atoms with Crippen molar-refractivity contribution >= 4 is 19.0 Å². The van der Waals surface area contributed by atoms with Crippen LogP contribution in [-0.2, 0) is 0 Å². The van der Waals surface area contributed by atoms with Crippen molar-refractivity contribution in [3.63, 3.8) is 0 Å². The maximum Gasteiger partial charge on any atom is 0.142 e. The molecule has 2 rings (SSSR count). The van der Waals surface area contributed by atoms with E-state index in [1.807, 2.05) is 0 Å². The van der Waals surface area contributed by atoms with Crippen molar-refractivity contribution in [2.24, 2.45) is 0 Å². The molecule has 0 amide bonds. The Morgan fingerprint density at radius 1 is 1.13 bits per heavy atom. The highest BCUT2D eigenvalue weighted by Crippen LogP contribution is 2.13. The number of aryl methyl sites for hydroxylation is 1. The van der Waals surface area contributed by atoms with E-state index in [0.29, 0.717) is 0 Å². The van der Waals surface area contributed by atoms with Crippen molar-refractivity contribution in [1.82, 2.24) is 4.90 Å². The van der Waals surface area contributed by atoms with Gasteiger partial charge in [-0.3, -0.25) is 0 Å². The van der Waals surface area contributed by atoms with Crippen molar-refractivity contribution < 1.29 is 0 Å². The van der Waals surface area contributed by atoms with Gasteiger partial charge in [-0.25, -0.2) is 0 Å². The molecular weight excluding hydrogens is 183 g/mol. The molecule has 1 aliphatic heterocycles. The molecule has 1 aromatic carbocycles. The molecular formula is C12H19BN2. The summed E-state index contributed by atoms with van der Waals surface area (Å²) in [6.45, 7) is 6.81. The minimum atomic E-state index is 1.15. The first kappa shape index (κ1) is 10.6. The van der Waals surface area contributed by atoms with E-state index in [-0.39, 0.29) is 0 Å². The summed E-state index contributed by atoms with van der Waals surface area (Å²) in [6, 6.07) is 6.74. The molecule has 1 aliphatic rings. The summed E-state index contributed by atoms with van der Waals surface area (Å²) in [4.78, 5) is 4.88. The molecule has 0 bridgehead atoms. The highest BCUT2D eigenvalue weighted by Gasteiger charge is 2.15. The highest BCUT2D eigenvalue weighted by molar-refractivity contribution is 6.36. The van der Waals surface area contributed by atoms with E-state index < -0.39 is 0 Å². The molecule has 1 heterocycles. The maximum atomic E-state index is 2.49. The molecule has 15 heavy (non-hydrogen) atoms. The number of anilines is 1. The molecule has 0 saturated carbocycles. The molecule has 0 N–H and O–H groups in total. The van der Waals surface area contributed by atoms with Crippen LogP contribution in [0.15, 0.2) is 18.2 Å². The van der Waals surface area contributed by atoms with Crippen LogP contribution >= 0.6 is 0 Å². The molecule has 0 spiro atoms. The smallest absolute Gasteiger partial charge is 0.142 e. The third-order valence-electron chi connectivity index (χ3n) is 3.20. The Balaban J connectivity index is 2.15. The summed E-state index contributed by atoms with van der Waals surface area (Å²) in [5.41, 5.74) is 4.17. The zero-order chi connectivity index (χ0) is 10.8. The first-order valence-corrected chi connectivity index (χ1v) is 5.67. The van der Waals surface area contributed by atoms with Crippen molar-refractivity contribution in [2.75, 3.05) is 38.1 Å². The first-order valence-electron chi connectivity index (χ1n) is 5.67. The van der Waals surface area contributed by atoms with Gasteiger partial charge in [0.15, 0.2) is 0 Å². The van der Waals surface area contributed by atoms with Crippen LogP contribution in [0.4, 0.5) is 5.69 Å². The molecule has 80 valence electrons. The Bertz CT molecular complexity index is 343. The van der Waals surface area contributed by atoms with Gasteiger partial charge in [0.05, 0.1) is 0 Å². The van der Waals surface area contributed by atoms with E-state index in [1.165, 1.54) is 29.8 Å². The Labute approximate surface area is 93.3 Å². The summed E-state index contributed by atoms with van der Waals surface area (Å²) in [7, 11) is 4.40. The summed E-state index contributed by atoms with van der Waals surface area (Å²) < 4.78 is 0. The van der Waals surface area contributed by atoms with Crippen molar-refractivity contribution in [3.8, 4) is 0 Å². The van der Waals surface area contributed by atoms with Gasteiger partial charge in [0.25, 0.3) is 0 Å². The van der Waals surface area contributed by atoms with Crippen LogP contribution in [0.25, 0.3) is 0 Å². The van der Waals surface area contributed by atoms with Crippen LogP contribution in [0.3, 0.4) is 0 Å². The molecule has 1 fully saturated rings. The fraction of sp³-hybridized carbons (Fsp3) is 0.500. The van der Waals surface area contributed by atoms with Gasteiger partial charge in [0.2, 0.25) is 0 Å². The third kappa shape index (κ3) is 2.35. The van der Waals surface area contributed by atoms with Crippen molar-refractivity contribution in [2.45, 2.75) is 6.92 Å². The zero-order valence-corrected chi connectivity index (χ0v) is 9.95. The molecule has 0 aliphatic carbocycles. The molecule has 0 radical (unpaired) electrons. The summed E-state index contributed by atoms with van der Waals surface area (Å²) in [5, 5.41) is 0. The van der Waals surface area contributed by atoms with Gasteiger partial charge in [0, 0.05) is 31.9 Å². The summed E-state index contributed by atoms with van der Waals surface area (Å²) >= 11 is 0. The molecule has 3 heteroatoms. The van der Waals surface area contributed by atoms with E-state index in [0.717, 1.165) is 13.1 Å². The number of rotatable bonds is 1. The van der Waals surface area contributed by atoms with Crippen molar-refractivity contribution in [3.05, 3.63) is 23.8 Å². The first-order chi connectivity index (χ1) is 7.16. The number of likely N-dealkylation sites (N-methyl/N-ethyl adjacent to an activating group) is 1. The van der Waals surface area contributed by atoms with Crippen LogP contribution in [0.1, 0.15) is 5.56 Å². The standard InChI is InChI=1S/C12H19BN2/c1-10-3-4-12(11(13)9-10)15-7-5-14(2)6-8-15/h3-4,9H,5-8,13H2,1-2H3. The minimum Gasteiger partial charge on any atom is -0.369 e. The Morgan fingerprint density at radius 2 is 1.80 bits per heavy atom. The third-order valence-corrected chi connectivity index (χ3v) is 3.20. The molecule has 0 aromatic heterocycles. The number of hydrogen-bond acceptors (Lipinski definition) is 2. The molecule has 1 aromatic rings. The highest BCUT2D eigenvalue weighted by atomic mass is 15.2. The Kier molecular flexibility index (Phi) is 3.01. The second-order valence-corrected chi connectivity index (χ2v) is 4.58. The largest absolute Gasteiger partial charge is 0.369 e. The number of piperazine rings is 1. The topological polar surface area (TPSA) is 6.48 Å². The van der Waals surface area contributed by atoms with Crippen LogP contribution in [-0.4, -0.2) is 46.0 Å². The normalized spacial score (nSPS) is 18.1.